The summed E-state index contributed by atoms with van der Waals surface area (Å²) in [5, 5.41) is 2.47. The van der Waals surface area contributed by atoms with Gasteiger partial charge in [-0.15, -0.1) is 0 Å². The first-order valence-corrected chi connectivity index (χ1v) is 6.94. The molecule has 1 aliphatic carbocycles. The molecule has 5 nitrogen and oxygen atoms in total. The summed E-state index contributed by atoms with van der Waals surface area (Å²) in [6, 6.07) is 0. The lowest BCUT2D eigenvalue weighted by atomic mass is 9.68. The molecule has 1 saturated carbocycles. The van der Waals surface area contributed by atoms with Crippen LogP contribution in [0, 0.1) is 5.41 Å². The number of allylic oxidation sites excluding steroid dienone is 1. The van der Waals surface area contributed by atoms with Crippen molar-refractivity contribution in [3.63, 3.8) is 0 Å². The van der Waals surface area contributed by atoms with E-state index in [-0.39, 0.29) is 11.1 Å². The van der Waals surface area contributed by atoms with Crippen LogP contribution in [0.25, 0.3) is 0 Å². The summed E-state index contributed by atoms with van der Waals surface area (Å²) in [5.74, 6) is -0.557. The van der Waals surface area contributed by atoms with Gasteiger partial charge in [0.05, 0.1) is 7.11 Å². The maximum absolute atomic E-state index is 11.7. The van der Waals surface area contributed by atoms with Crippen LogP contribution in [-0.2, 0) is 14.3 Å². The van der Waals surface area contributed by atoms with Crippen LogP contribution in [0.3, 0.4) is 0 Å². The van der Waals surface area contributed by atoms with Gasteiger partial charge in [0.25, 0.3) is 0 Å². The minimum absolute atomic E-state index is 0.148. The Bertz CT molecular complexity index is 403. The molecule has 1 N–H and O–H groups in total. The van der Waals surface area contributed by atoms with E-state index in [0.29, 0.717) is 0 Å². The molecule has 0 atom stereocenters. The van der Waals surface area contributed by atoms with E-state index in [2.05, 4.69) is 17.0 Å². The van der Waals surface area contributed by atoms with Crippen molar-refractivity contribution in [3.8, 4) is 0 Å². The Morgan fingerprint density at radius 3 is 2.30 bits per heavy atom. The number of amides is 1. The molecule has 0 aromatic rings. The van der Waals surface area contributed by atoms with Gasteiger partial charge in [-0.1, -0.05) is 19.4 Å². The van der Waals surface area contributed by atoms with Crippen LogP contribution in [0.1, 0.15) is 53.4 Å². The summed E-state index contributed by atoms with van der Waals surface area (Å²) in [7, 11) is 1.29. The molecule has 1 rings (SSSR count). The van der Waals surface area contributed by atoms with Gasteiger partial charge in [0.2, 0.25) is 0 Å². The highest BCUT2D eigenvalue weighted by Crippen LogP contribution is 2.43. The zero-order valence-corrected chi connectivity index (χ0v) is 13.0. The smallest absolute Gasteiger partial charge is 0.412 e. The summed E-state index contributed by atoms with van der Waals surface area (Å²) >= 11 is 0. The van der Waals surface area contributed by atoms with Gasteiger partial charge >= 0.3 is 12.1 Å². The average Bonchev–Trinajstić information content (AvgIpc) is 2.28. The Balaban J connectivity index is 2.67. The van der Waals surface area contributed by atoms with E-state index in [0.717, 1.165) is 19.3 Å². The lowest BCUT2D eigenvalue weighted by Gasteiger charge is -2.37. The van der Waals surface area contributed by atoms with Crippen molar-refractivity contribution in [2.75, 3.05) is 7.11 Å². The Labute approximate surface area is 120 Å². The van der Waals surface area contributed by atoms with Crippen molar-refractivity contribution in [3.05, 3.63) is 11.8 Å². The fourth-order valence-electron chi connectivity index (χ4n) is 2.04. The van der Waals surface area contributed by atoms with Gasteiger partial charge in [0.15, 0.2) is 0 Å². The summed E-state index contributed by atoms with van der Waals surface area (Å²) in [5.41, 5.74) is -0.227. The first-order chi connectivity index (χ1) is 9.15. The van der Waals surface area contributed by atoms with E-state index in [4.69, 9.17) is 4.74 Å². The number of nitrogens with one attached hydrogen (secondary N) is 1. The highest BCUT2D eigenvalue weighted by molar-refractivity contribution is 5.92. The summed E-state index contributed by atoms with van der Waals surface area (Å²) in [6.45, 7) is 7.48. The van der Waals surface area contributed by atoms with Crippen LogP contribution in [0.5, 0.6) is 0 Å². The van der Waals surface area contributed by atoms with Crippen molar-refractivity contribution in [1.82, 2.24) is 5.32 Å². The first kappa shape index (κ1) is 16.5. The largest absolute Gasteiger partial charge is 0.464 e. The Morgan fingerprint density at radius 2 is 1.90 bits per heavy atom. The Kier molecular flexibility index (Phi) is 5.20. The molecule has 0 heterocycles. The van der Waals surface area contributed by atoms with Crippen molar-refractivity contribution in [2.45, 2.75) is 59.0 Å². The number of carbonyl (C=O) groups is 2. The number of hydrogen-bond donors (Lipinski definition) is 1. The van der Waals surface area contributed by atoms with Gasteiger partial charge < -0.3 is 9.47 Å². The number of esters is 1. The molecule has 0 radical (unpaired) electrons. The van der Waals surface area contributed by atoms with Crippen molar-refractivity contribution < 1.29 is 19.1 Å². The molecule has 114 valence electrons. The van der Waals surface area contributed by atoms with Crippen molar-refractivity contribution in [1.29, 1.82) is 0 Å². The molecule has 0 aliphatic heterocycles. The number of methoxy groups -OCH3 is 1. The van der Waals surface area contributed by atoms with Crippen LogP contribution in [0.15, 0.2) is 11.8 Å². The number of ether oxygens (including phenoxy) is 2. The molecule has 0 unspecified atom stereocenters. The van der Waals surface area contributed by atoms with Gasteiger partial charge in [0.1, 0.15) is 11.3 Å². The highest BCUT2D eigenvalue weighted by Gasteiger charge is 2.31. The topological polar surface area (TPSA) is 64.6 Å². The second-order valence-corrected chi connectivity index (χ2v) is 6.60. The van der Waals surface area contributed by atoms with Crippen molar-refractivity contribution in [2.24, 2.45) is 5.41 Å². The average molecular weight is 283 g/mol. The minimum Gasteiger partial charge on any atom is -0.464 e. The molecule has 0 aromatic carbocycles. The molecule has 20 heavy (non-hydrogen) atoms. The van der Waals surface area contributed by atoms with Gasteiger partial charge in [0, 0.05) is 0 Å². The minimum atomic E-state index is -0.645. The molecule has 5 heteroatoms. The van der Waals surface area contributed by atoms with E-state index in [1.165, 1.54) is 13.5 Å². The third kappa shape index (κ3) is 5.23. The fraction of sp³-hybridized carbons (Fsp3) is 0.733. The van der Waals surface area contributed by atoms with Gasteiger partial charge in [-0.3, -0.25) is 5.32 Å². The molecular weight excluding hydrogens is 258 g/mol. The quantitative estimate of drug-likeness (QED) is 0.636. The fourth-order valence-corrected chi connectivity index (χ4v) is 2.04. The van der Waals surface area contributed by atoms with E-state index in [1.54, 1.807) is 26.8 Å². The molecule has 1 amide bonds. The molecule has 0 saturated heterocycles. The molecule has 1 fully saturated rings. The molecule has 1 aliphatic rings. The lowest BCUT2D eigenvalue weighted by molar-refractivity contribution is -0.136. The van der Waals surface area contributed by atoms with Gasteiger partial charge in [-0.25, -0.2) is 9.59 Å². The summed E-state index contributed by atoms with van der Waals surface area (Å²) in [4.78, 5) is 23.4. The number of carbonyl (C=O) groups excluding carboxylic acids is 2. The normalized spacial score (nSPS) is 17.9. The first-order valence-electron chi connectivity index (χ1n) is 6.94. The van der Waals surface area contributed by atoms with Crippen LogP contribution < -0.4 is 5.32 Å². The number of hydrogen-bond acceptors (Lipinski definition) is 4. The van der Waals surface area contributed by atoms with Crippen LogP contribution in [0.2, 0.25) is 0 Å². The predicted octanol–water partition coefficient (Wildman–Crippen LogP) is 3.15. The summed E-state index contributed by atoms with van der Waals surface area (Å²) < 4.78 is 9.82. The van der Waals surface area contributed by atoms with Crippen LogP contribution in [-0.4, -0.2) is 24.8 Å². The second-order valence-electron chi connectivity index (χ2n) is 6.60. The molecule has 0 bridgehead atoms. The molecular formula is C15H25NO4. The monoisotopic (exact) mass is 283 g/mol. The third-order valence-electron chi connectivity index (χ3n) is 3.40. The Morgan fingerprint density at radius 1 is 1.30 bits per heavy atom. The van der Waals surface area contributed by atoms with Crippen LogP contribution >= 0.6 is 0 Å². The molecule has 0 spiro atoms. The maximum atomic E-state index is 11.7. The van der Waals surface area contributed by atoms with Gasteiger partial charge in [-0.05, 0) is 45.4 Å². The van der Waals surface area contributed by atoms with E-state index in [1.807, 2.05) is 0 Å². The lowest BCUT2D eigenvalue weighted by Crippen LogP contribution is -2.35. The zero-order chi connectivity index (χ0) is 15.4. The van der Waals surface area contributed by atoms with E-state index >= 15 is 0 Å². The third-order valence-corrected chi connectivity index (χ3v) is 3.40. The second kappa shape index (κ2) is 6.29. The zero-order valence-electron chi connectivity index (χ0n) is 13.0. The summed E-state index contributed by atoms with van der Waals surface area (Å²) in [6.07, 6.45) is 5.34. The van der Waals surface area contributed by atoms with Gasteiger partial charge in [-0.2, -0.15) is 0 Å². The predicted molar refractivity (Wildman–Crippen MR) is 76.0 cm³/mol. The van der Waals surface area contributed by atoms with Crippen molar-refractivity contribution >= 4 is 12.1 Å². The van der Waals surface area contributed by atoms with E-state index in [9.17, 15) is 9.59 Å². The number of rotatable bonds is 4. The highest BCUT2D eigenvalue weighted by atomic mass is 16.6. The Hall–Kier alpha value is -1.52. The van der Waals surface area contributed by atoms with Crippen LogP contribution in [0.4, 0.5) is 4.79 Å². The molecule has 0 aromatic heterocycles. The number of alkyl carbamates (subject to hydrolysis) is 1. The van der Waals surface area contributed by atoms with E-state index < -0.39 is 17.7 Å². The SMILES string of the molecule is COC(=O)C(=CCC1(C)CCC1)NC(=O)OC(C)(C)C. The standard InChI is InChI=1S/C15H25NO4/c1-14(2,3)20-13(18)16-11(12(17)19-5)7-10-15(4)8-6-9-15/h7H,6,8-10H2,1-5H3,(H,16,18). The maximum Gasteiger partial charge on any atom is 0.412 e.